The van der Waals surface area contributed by atoms with E-state index >= 15 is 0 Å². The Morgan fingerprint density at radius 2 is 1.63 bits per heavy atom. The molecule has 1 fully saturated rings. The van der Waals surface area contributed by atoms with Crippen LogP contribution in [0.2, 0.25) is 0 Å². The molecule has 1 aliphatic heterocycles. The van der Waals surface area contributed by atoms with Gasteiger partial charge in [-0.1, -0.05) is 0 Å². The normalized spacial score (nSPS) is 15.1. The lowest BCUT2D eigenvalue weighted by atomic mass is 10.3. The number of pyridine rings is 1. The minimum atomic E-state index is 0.580. The quantitative estimate of drug-likeness (QED) is 0.624. The number of nitrogens with zero attached hydrogens (tertiary/aromatic N) is 7. The van der Waals surface area contributed by atoms with Crippen LogP contribution in [-0.4, -0.2) is 63.0 Å². The topological polar surface area (TPSA) is 64.2 Å². The smallest absolute Gasteiger partial charge is 0.221 e. The molecule has 0 radical (unpaired) electrons. The van der Waals surface area contributed by atoms with Crippen LogP contribution < -0.4 is 9.64 Å². The number of hydrogen-bond acceptors (Lipinski definition) is 7. The number of aromatic nitrogens is 5. The molecule has 140 valence electrons. The number of tetrazole rings is 1. The highest BCUT2D eigenvalue weighted by molar-refractivity contribution is 7.71. The van der Waals surface area contributed by atoms with Crippen LogP contribution >= 0.6 is 12.2 Å². The van der Waals surface area contributed by atoms with Gasteiger partial charge in [0.05, 0.1) is 19.5 Å². The van der Waals surface area contributed by atoms with Gasteiger partial charge in [0.25, 0.3) is 0 Å². The van der Waals surface area contributed by atoms with Crippen LogP contribution in [0.3, 0.4) is 0 Å². The number of benzene rings is 1. The van der Waals surface area contributed by atoms with Crippen molar-refractivity contribution in [2.45, 2.75) is 6.67 Å². The summed E-state index contributed by atoms with van der Waals surface area (Å²) in [7, 11) is 1.64. The van der Waals surface area contributed by atoms with Crippen molar-refractivity contribution >= 4 is 17.9 Å². The molecule has 1 saturated heterocycles. The minimum absolute atomic E-state index is 0.580. The van der Waals surface area contributed by atoms with Gasteiger partial charge < -0.3 is 9.64 Å². The molecule has 0 atom stereocenters. The number of rotatable bonds is 5. The van der Waals surface area contributed by atoms with Gasteiger partial charge in [-0.25, -0.2) is 4.68 Å². The van der Waals surface area contributed by atoms with Crippen molar-refractivity contribution in [2.75, 3.05) is 38.2 Å². The van der Waals surface area contributed by atoms with E-state index in [-0.39, 0.29) is 0 Å². The SMILES string of the molecule is COc1ccc(-n2nnn(CN3CCN(c4ccncc4)CC3)c2=S)cc1. The fourth-order valence-electron chi connectivity index (χ4n) is 3.14. The van der Waals surface area contributed by atoms with Crippen molar-refractivity contribution in [3.05, 3.63) is 53.6 Å². The van der Waals surface area contributed by atoms with Gasteiger partial charge in [0.2, 0.25) is 4.77 Å². The van der Waals surface area contributed by atoms with Gasteiger partial charge in [-0.2, -0.15) is 4.68 Å². The summed E-state index contributed by atoms with van der Waals surface area (Å²) in [5.41, 5.74) is 2.08. The van der Waals surface area contributed by atoms with Crippen LogP contribution in [0.15, 0.2) is 48.8 Å². The molecule has 4 rings (SSSR count). The van der Waals surface area contributed by atoms with E-state index in [0.717, 1.165) is 37.6 Å². The van der Waals surface area contributed by atoms with Crippen LogP contribution in [-0.2, 0) is 6.67 Å². The summed E-state index contributed by atoms with van der Waals surface area (Å²) in [5.74, 6) is 0.796. The van der Waals surface area contributed by atoms with Gasteiger partial charge in [-0.15, -0.1) is 0 Å². The number of piperazine rings is 1. The molecule has 0 saturated carbocycles. The van der Waals surface area contributed by atoms with Crippen LogP contribution in [0.4, 0.5) is 5.69 Å². The molecular formula is C18H21N7OS. The summed E-state index contributed by atoms with van der Waals surface area (Å²) in [6.45, 7) is 4.45. The van der Waals surface area contributed by atoms with E-state index in [2.05, 4.69) is 25.2 Å². The van der Waals surface area contributed by atoms with Crippen molar-refractivity contribution in [3.8, 4) is 11.4 Å². The highest BCUT2D eigenvalue weighted by atomic mass is 32.1. The second-order valence-electron chi connectivity index (χ2n) is 6.32. The second-order valence-corrected chi connectivity index (χ2v) is 6.69. The van der Waals surface area contributed by atoms with E-state index in [1.54, 1.807) is 16.5 Å². The van der Waals surface area contributed by atoms with E-state index in [4.69, 9.17) is 17.0 Å². The maximum Gasteiger partial charge on any atom is 0.221 e. The molecular weight excluding hydrogens is 362 g/mol. The first-order valence-electron chi connectivity index (χ1n) is 8.79. The molecule has 0 unspecified atom stereocenters. The summed E-state index contributed by atoms with van der Waals surface area (Å²) >= 11 is 5.56. The maximum absolute atomic E-state index is 5.56. The standard InChI is InChI=1S/C18H21N7OS/c1-26-17-4-2-16(3-5-17)25-18(27)24(20-21-25)14-22-10-12-23(13-11-22)15-6-8-19-9-7-15/h2-9H,10-14H2,1H3. The molecule has 27 heavy (non-hydrogen) atoms. The molecule has 0 spiro atoms. The first kappa shape index (κ1) is 17.6. The van der Waals surface area contributed by atoms with E-state index in [0.29, 0.717) is 11.4 Å². The van der Waals surface area contributed by atoms with E-state index in [1.807, 2.05) is 48.8 Å². The van der Waals surface area contributed by atoms with Gasteiger partial charge in [0, 0.05) is 44.3 Å². The fourth-order valence-corrected chi connectivity index (χ4v) is 3.38. The fraction of sp³-hybridized carbons (Fsp3) is 0.333. The average molecular weight is 383 g/mol. The zero-order chi connectivity index (χ0) is 18.6. The summed E-state index contributed by atoms with van der Waals surface area (Å²) in [5, 5.41) is 8.45. The van der Waals surface area contributed by atoms with Crippen molar-refractivity contribution in [1.82, 2.24) is 29.7 Å². The predicted molar refractivity (Wildman–Crippen MR) is 105 cm³/mol. The summed E-state index contributed by atoms with van der Waals surface area (Å²) in [4.78, 5) is 8.78. The van der Waals surface area contributed by atoms with Gasteiger partial charge in [-0.3, -0.25) is 9.88 Å². The zero-order valence-corrected chi connectivity index (χ0v) is 15.9. The lowest BCUT2D eigenvalue weighted by Crippen LogP contribution is -2.47. The minimum Gasteiger partial charge on any atom is -0.497 e. The molecule has 1 aliphatic rings. The van der Waals surface area contributed by atoms with E-state index < -0.39 is 0 Å². The van der Waals surface area contributed by atoms with Crippen molar-refractivity contribution in [2.24, 2.45) is 0 Å². The molecule has 2 aromatic heterocycles. The largest absolute Gasteiger partial charge is 0.497 e. The number of anilines is 1. The predicted octanol–water partition coefficient (Wildman–Crippen LogP) is 1.98. The lowest BCUT2D eigenvalue weighted by molar-refractivity contribution is 0.193. The molecule has 0 aliphatic carbocycles. The van der Waals surface area contributed by atoms with Crippen molar-refractivity contribution in [1.29, 1.82) is 0 Å². The third-order valence-electron chi connectivity index (χ3n) is 4.69. The van der Waals surface area contributed by atoms with Gasteiger partial charge in [0.1, 0.15) is 5.75 Å². The Kier molecular flexibility index (Phi) is 5.12. The highest BCUT2D eigenvalue weighted by Crippen LogP contribution is 2.16. The lowest BCUT2D eigenvalue weighted by Gasteiger charge is -2.35. The Labute approximate surface area is 162 Å². The first-order chi connectivity index (χ1) is 13.2. The van der Waals surface area contributed by atoms with Crippen molar-refractivity contribution < 1.29 is 4.74 Å². The number of methoxy groups -OCH3 is 1. The Balaban J connectivity index is 1.41. The van der Waals surface area contributed by atoms with Crippen LogP contribution in [0.25, 0.3) is 5.69 Å². The van der Waals surface area contributed by atoms with Crippen LogP contribution in [0.1, 0.15) is 0 Å². The van der Waals surface area contributed by atoms with E-state index in [9.17, 15) is 0 Å². The maximum atomic E-state index is 5.56. The molecule has 3 heterocycles. The molecule has 1 aromatic carbocycles. The summed E-state index contributed by atoms with van der Waals surface area (Å²) < 4.78 is 9.21. The monoisotopic (exact) mass is 383 g/mol. The molecule has 0 amide bonds. The summed E-state index contributed by atoms with van der Waals surface area (Å²) in [6.07, 6.45) is 3.66. The van der Waals surface area contributed by atoms with E-state index in [1.165, 1.54) is 5.69 Å². The highest BCUT2D eigenvalue weighted by Gasteiger charge is 2.18. The second kappa shape index (κ2) is 7.85. The molecule has 8 nitrogen and oxygen atoms in total. The number of ether oxygens (including phenoxy) is 1. The molecule has 0 N–H and O–H groups in total. The van der Waals surface area contributed by atoms with Gasteiger partial charge in [-0.05, 0) is 59.0 Å². The Morgan fingerprint density at radius 1 is 0.926 bits per heavy atom. The third kappa shape index (κ3) is 3.83. The third-order valence-corrected chi connectivity index (χ3v) is 5.07. The molecule has 0 bridgehead atoms. The molecule has 9 heteroatoms. The average Bonchev–Trinajstić information content (AvgIpc) is 3.09. The Hall–Kier alpha value is -2.78. The van der Waals surface area contributed by atoms with Crippen LogP contribution in [0.5, 0.6) is 5.75 Å². The van der Waals surface area contributed by atoms with Crippen molar-refractivity contribution in [3.63, 3.8) is 0 Å². The van der Waals surface area contributed by atoms with Crippen LogP contribution in [0, 0.1) is 4.77 Å². The van der Waals surface area contributed by atoms with Gasteiger partial charge in [0.15, 0.2) is 0 Å². The Morgan fingerprint density at radius 3 is 2.30 bits per heavy atom. The summed E-state index contributed by atoms with van der Waals surface area (Å²) in [6, 6.07) is 11.7. The Bertz CT molecular complexity index is 930. The zero-order valence-electron chi connectivity index (χ0n) is 15.1. The molecule has 3 aromatic rings. The van der Waals surface area contributed by atoms with Gasteiger partial charge >= 0.3 is 0 Å². The number of hydrogen-bond donors (Lipinski definition) is 0. The first-order valence-corrected chi connectivity index (χ1v) is 9.20.